The zero-order chi connectivity index (χ0) is 55.7. The lowest BCUT2D eigenvalue weighted by atomic mass is 9.98. The van der Waals surface area contributed by atoms with E-state index in [1.807, 2.05) is 60.7 Å². The molecule has 83 heavy (non-hydrogen) atoms. The Morgan fingerprint density at radius 3 is 1.07 bits per heavy atom. The quantitative estimate of drug-likeness (QED) is 0.142. The van der Waals surface area contributed by atoms with Gasteiger partial charge < -0.3 is 13.7 Å². The molecule has 4 heterocycles. The zero-order valence-corrected chi connectivity index (χ0v) is 44.2. The van der Waals surface area contributed by atoms with Crippen LogP contribution in [0.25, 0.3) is 158 Å². The van der Waals surface area contributed by atoms with Gasteiger partial charge in [-0.2, -0.15) is 0 Å². The molecule has 15 aromatic rings. The normalized spacial score (nSPS) is 11.3. The highest BCUT2D eigenvalue weighted by Gasteiger charge is 2.20. The summed E-state index contributed by atoms with van der Waals surface area (Å²) < 4.78 is 6.99. The van der Waals surface area contributed by atoms with Gasteiger partial charge in [-0.05, 0) is 142 Å². The average Bonchev–Trinajstić information content (AvgIpc) is 3.05. The van der Waals surface area contributed by atoms with E-state index in [1.54, 1.807) is 18.2 Å². The van der Waals surface area contributed by atoms with Crippen LogP contribution in [0.5, 0.6) is 0 Å². The van der Waals surface area contributed by atoms with Crippen LogP contribution in [0.1, 0.15) is 0 Å². The molecule has 0 unspecified atom stereocenters. The summed E-state index contributed by atoms with van der Waals surface area (Å²) in [7, 11) is 0. The number of benzene rings is 11. The van der Waals surface area contributed by atoms with E-state index < -0.39 is 0 Å². The number of para-hydroxylation sites is 2. The molecule has 0 atom stereocenters. The Kier molecular flexibility index (Phi) is 11.2. The molecular weight excluding hydrogens is 1010 g/mol. The van der Waals surface area contributed by atoms with Crippen molar-refractivity contribution in [1.82, 2.24) is 23.7 Å². The van der Waals surface area contributed by atoms with Gasteiger partial charge in [0.25, 0.3) is 0 Å². The van der Waals surface area contributed by atoms with Crippen molar-refractivity contribution in [2.75, 3.05) is 0 Å². The average molecular weight is 1060 g/mol. The first-order chi connectivity index (χ1) is 40.9. The molecule has 0 aliphatic carbocycles. The molecule has 0 N–H and O–H groups in total. The van der Waals surface area contributed by atoms with Crippen molar-refractivity contribution in [1.29, 1.82) is 0 Å². The third-order valence-electron chi connectivity index (χ3n) is 15.9. The second kappa shape index (κ2) is 19.3. The second-order valence-corrected chi connectivity index (χ2v) is 20.6. The van der Waals surface area contributed by atoms with Crippen LogP contribution < -0.4 is 0 Å². The molecule has 0 aliphatic rings. The summed E-state index contributed by atoms with van der Waals surface area (Å²) in [4.78, 5) is 24.7. The molecule has 0 amide bonds. The third kappa shape index (κ3) is 8.05. The molecule has 382 valence electrons. The SMILES string of the molecule is [C-]#[N+]c1cccc(-c2cc(-c3ccc(-c4ccc(-c5ccc(-n6c7ccc(-n8c9ccccc9c9cc([N+]#[C-])ccc98)cc7c7cc(-n8c9ccccc9c9cc([N+]#[C-])ccc98)ccc76)cc5)cc4)cc3)nc(-c3cccc([N+]#[C-])c3)n2)c1. The molecule has 0 saturated carbocycles. The number of hydrogen-bond donors (Lipinski definition) is 0. The number of rotatable bonds is 8. The van der Waals surface area contributed by atoms with Crippen molar-refractivity contribution in [2.45, 2.75) is 0 Å². The summed E-state index contributed by atoms with van der Waals surface area (Å²) in [6.45, 7) is 30.7. The van der Waals surface area contributed by atoms with Gasteiger partial charge >= 0.3 is 0 Å². The summed E-state index contributed by atoms with van der Waals surface area (Å²) in [5, 5.41) is 6.49. The molecule has 15 rings (SSSR count). The molecule has 11 aromatic carbocycles. The summed E-state index contributed by atoms with van der Waals surface area (Å²) in [6, 6.07) is 84.9. The van der Waals surface area contributed by atoms with Crippen LogP contribution in [-0.2, 0) is 0 Å². The van der Waals surface area contributed by atoms with E-state index >= 15 is 0 Å². The first kappa shape index (κ1) is 48.0. The molecule has 0 fully saturated rings. The van der Waals surface area contributed by atoms with E-state index in [9.17, 15) is 0 Å². The maximum atomic E-state index is 7.78. The summed E-state index contributed by atoms with van der Waals surface area (Å²) in [5.74, 6) is 0.506. The highest BCUT2D eigenvalue weighted by molar-refractivity contribution is 6.14. The van der Waals surface area contributed by atoms with Crippen molar-refractivity contribution >= 4 is 88.2 Å². The van der Waals surface area contributed by atoms with Crippen LogP contribution in [0, 0.1) is 26.3 Å². The summed E-state index contributed by atoms with van der Waals surface area (Å²) in [5.41, 5.74) is 20.0. The van der Waals surface area contributed by atoms with Gasteiger partial charge in [-0.3, -0.25) is 0 Å². The standard InChI is InChI=1S/C74H41N9/c1-75-53-13-9-11-51(39-53)67-45-66(79-74(80-67)52-12-10-14-54(40-52)76-2)50-25-23-48(24-26-50)46-19-21-47(22-20-46)49-27-31-57(32-28-49)81-72-37-33-58(82-68-17-7-5-15-60(68)62-41-55(77-3)29-35-70(62)82)43-64(72)65-44-59(34-38-73(65)81)83-69-18-8-6-16-61(69)63-42-56(78-4)30-36-71(63)83/h5-45H. The van der Waals surface area contributed by atoms with Crippen molar-refractivity contribution < 1.29 is 0 Å². The molecular formula is C74H41N9. The Hall–Kier alpha value is -12.1. The van der Waals surface area contributed by atoms with Crippen molar-refractivity contribution in [3.8, 4) is 73.2 Å². The molecule has 4 aromatic heterocycles. The summed E-state index contributed by atoms with van der Waals surface area (Å²) >= 11 is 0. The molecule has 0 radical (unpaired) electrons. The Morgan fingerprint density at radius 2 is 0.590 bits per heavy atom. The van der Waals surface area contributed by atoms with Crippen molar-refractivity contribution in [3.05, 3.63) is 294 Å². The highest BCUT2D eigenvalue weighted by Crippen LogP contribution is 2.42. The Morgan fingerprint density at radius 1 is 0.241 bits per heavy atom. The van der Waals surface area contributed by atoms with Gasteiger partial charge in [0.2, 0.25) is 0 Å². The topological polar surface area (TPSA) is 58.0 Å². The minimum atomic E-state index is 0.506. The largest absolute Gasteiger partial charge is 0.309 e. The van der Waals surface area contributed by atoms with Gasteiger partial charge in [-0.15, -0.1) is 0 Å². The summed E-state index contributed by atoms with van der Waals surface area (Å²) in [6.07, 6.45) is 0. The molecule has 0 bridgehead atoms. The van der Waals surface area contributed by atoms with E-state index in [2.05, 4.69) is 203 Å². The monoisotopic (exact) mass is 1060 g/mol. The van der Waals surface area contributed by atoms with Crippen LogP contribution >= 0.6 is 0 Å². The van der Waals surface area contributed by atoms with Crippen LogP contribution in [0.2, 0.25) is 0 Å². The maximum absolute atomic E-state index is 7.78. The van der Waals surface area contributed by atoms with Gasteiger partial charge in [-0.25, -0.2) is 29.3 Å². The minimum absolute atomic E-state index is 0.506. The van der Waals surface area contributed by atoms with Gasteiger partial charge in [0.05, 0.1) is 70.8 Å². The lowest BCUT2D eigenvalue weighted by molar-refractivity contribution is 1.16. The van der Waals surface area contributed by atoms with Gasteiger partial charge in [-0.1, -0.05) is 146 Å². The lowest BCUT2D eigenvalue weighted by Crippen LogP contribution is -1.96. The molecule has 0 saturated heterocycles. The minimum Gasteiger partial charge on any atom is -0.309 e. The molecule has 0 aliphatic heterocycles. The number of aromatic nitrogens is 5. The van der Waals surface area contributed by atoms with Crippen molar-refractivity contribution in [2.24, 2.45) is 0 Å². The van der Waals surface area contributed by atoms with E-state index in [1.165, 1.54) is 0 Å². The van der Waals surface area contributed by atoms with Crippen LogP contribution in [0.4, 0.5) is 22.7 Å². The van der Waals surface area contributed by atoms with E-state index in [0.717, 1.165) is 127 Å². The van der Waals surface area contributed by atoms with Crippen LogP contribution in [0.3, 0.4) is 0 Å². The fourth-order valence-electron chi connectivity index (χ4n) is 12.0. The van der Waals surface area contributed by atoms with Crippen LogP contribution in [-0.4, -0.2) is 23.7 Å². The van der Waals surface area contributed by atoms with Crippen LogP contribution in [0.15, 0.2) is 249 Å². The Balaban J connectivity index is 0.792. The first-order valence-electron chi connectivity index (χ1n) is 27.0. The number of fused-ring (bicyclic) bond motifs is 9. The molecule has 9 nitrogen and oxygen atoms in total. The van der Waals surface area contributed by atoms with E-state index in [4.69, 9.17) is 36.3 Å². The predicted molar refractivity (Wildman–Crippen MR) is 337 cm³/mol. The van der Waals surface area contributed by atoms with Crippen molar-refractivity contribution in [3.63, 3.8) is 0 Å². The maximum Gasteiger partial charge on any atom is 0.188 e. The fraction of sp³-hybridized carbons (Fsp3) is 0. The molecule has 0 spiro atoms. The number of hydrogen-bond acceptors (Lipinski definition) is 2. The zero-order valence-electron chi connectivity index (χ0n) is 44.2. The smallest absolute Gasteiger partial charge is 0.188 e. The van der Waals surface area contributed by atoms with E-state index in [0.29, 0.717) is 34.3 Å². The second-order valence-electron chi connectivity index (χ2n) is 20.6. The van der Waals surface area contributed by atoms with Gasteiger partial charge in [0.1, 0.15) is 0 Å². The molecule has 9 heteroatoms. The number of nitrogens with zero attached hydrogens (tertiary/aromatic N) is 9. The Bertz CT molecular complexity index is 5100. The first-order valence-corrected chi connectivity index (χ1v) is 27.0. The third-order valence-corrected chi connectivity index (χ3v) is 15.9. The fourth-order valence-corrected chi connectivity index (χ4v) is 12.0. The Labute approximate surface area is 477 Å². The lowest BCUT2D eigenvalue weighted by Gasteiger charge is -2.12. The predicted octanol–water partition coefficient (Wildman–Crippen LogP) is 20.3. The van der Waals surface area contributed by atoms with Gasteiger partial charge in [0, 0.05) is 49.7 Å². The van der Waals surface area contributed by atoms with Gasteiger partial charge in [0.15, 0.2) is 28.6 Å². The highest BCUT2D eigenvalue weighted by atomic mass is 15.0. The van der Waals surface area contributed by atoms with E-state index in [-0.39, 0.29) is 0 Å².